The van der Waals surface area contributed by atoms with Gasteiger partial charge in [0.25, 0.3) is 5.60 Å². The summed E-state index contributed by atoms with van der Waals surface area (Å²) in [6.45, 7) is 1.64. The first-order valence-corrected chi connectivity index (χ1v) is 9.32. The highest BCUT2D eigenvalue weighted by Crippen LogP contribution is 2.49. The van der Waals surface area contributed by atoms with Gasteiger partial charge >= 0.3 is 6.18 Å². The van der Waals surface area contributed by atoms with Crippen LogP contribution in [0.25, 0.3) is 0 Å². The molecule has 2 aromatic rings. The number of benzene rings is 2. The molecule has 0 aromatic heterocycles. The summed E-state index contributed by atoms with van der Waals surface area (Å²) in [6.07, 6.45) is -3.58. The van der Waals surface area contributed by atoms with Crippen LogP contribution < -0.4 is 5.73 Å². The number of nitrogens with zero attached hydrogens (tertiary/aromatic N) is 1. The average Bonchev–Trinajstić information content (AvgIpc) is 3.04. The monoisotopic (exact) mass is 382 g/mol. The second-order valence-electron chi connectivity index (χ2n) is 6.18. The summed E-state index contributed by atoms with van der Waals surface area (Å²) >= 11 is -1.17. The van der Waals surface area contributed by atoms with E-state index in [0.717, 1.165) is 0 Å². The number of rotatable bonds is 3. The molecule has 3 rings (SSSR count). The minimum absolute atomic E-state index is 0.0401. The summed E-state index contributed by atoms with van der Waals surface area (Å²) in [5.41, 5.74) is 4.77. The predicted octanol–water partition coefficient (Wildman–Crippen LogP) is 3.90. The number of oxime groups is 1. The standard InChI is InChI=1S/C18H17F3N2O2S/c1-11-9-13(5-8-15(11)22)17(18(19,20)21)10-16(23-25-17)12-3-6-14(7-4-12)26(2)24/h3-9H,10,22H2,1-2H3. The number of hydrogen-bond acceptors (Lipinski definition) is 4. The molecule has 2 atom stereocenters. The van der Waals surface area contributed by atoms with Crippen LogP contribution in [-0.2, 0) is 21.6 Å². The Bertz CT molecular complexity index is 851. The van der Waals surface area contributed by atoms with E-state index in [1.54, 1.807) is 31.2 Å². The Hall–Kier alpha value is -2.19. The van der Waals surface area contributed by atoms with Gasteiger partial charge in [0.2, 0.25) is 0 Å². The molecule has 0 spiro atoms. The van der Waals surface area contributed by atoms with Gasteiger partial charge in [0, 0.05) is 17.7 Å². The van der Waals surface area contributed by atoms with Gasteiger partial charge in [-0.2, -0.15) is 13.2 Å². The molecule has 2 N–H and O–H groups in total. The van der Waals surface area contributed by atoms with E-state index in [4.69, 9.17) is 10.6 Å². The molecule has 0 saturated carbocycles. The van der Waals surface area contributed by atoms with E-state index in [1.165, 1.54) is 24.5 Å². The van der Waals surface area contributed by atoms with Crippen LogP contribution >= 0.6 is 0 Å². The molecule has 2 unspecified atom stereocenters. The molecule has 4 nitrogen and oxygen atoms in total. The molecular formula is C18H17F3N2O2S. The summed E-state index contributed by atoms with van der Waals surface area (Å²) in [5, 5.41) is 3.72. The van der Waals surface area contributed by atoms with Crippen molar-refractivity contribution < 1.29 is 22.6 Å². The maximum atomic E-state index is 13.9. The Balaban J connectivity index is 1.96. The number of nitrogens with two attached hydrogens (primary N) is 1. The summed E-state index contributed by atoms with van der Waals surface area (Å²) in [7, 11) is 0. The molecular weight excluding hydrogens is 365 g/mol. The number of alkyl halides is 3. The lowest BCUT2D eigenvalue weighted by Gasteiger charge is -2.29. The predicted molar refractivity (Wildman–Crippen MR) is 94.3 cm³/mol. The van der Waals surface area contributed by atoms with Crippen LogP contribution in [0.15, 0.2) is 52.5 Å². The van der Waals surface area contributed by atoms with E-state index in [0.29, 0.717) is 21.7 Å². The van der Waals surface area contributed by atoms with Gasteiger partial charge in [0.05, 0.1) is 5.71 Å². The molecule has 0 fully saturated rings. The minimum Gasteiger partial charge on any atom is -0.612 e. The van der Waals surface area contributed by atoms with Crippen LogP contribution in [0, 0.1) is 6.92 Å². The van der Waals surface area contributed by atoms with Gasteiger partial charge in [0.15, 0.2) is 4.90 Å². The molecule has 8 heteroatoms. The van der Waals surface area contributed by atoms with Crippen molar-refractivity contribution in [1.29, 1.82) is 0 Å². The molecule has 1 aliphatic heterocycles. The first kappa shape index (κ1) is 18.6. The highest BCUT2D eigenvalue weighted by atomic mass is 32.2. The number of nitrogen functional groups attached to an aromatic ring is 1. The molecule has 1 heterocycles. The zero-order chi connectivity index (χ0) is 19.1. The fourth-order valence-corrected chi connectivity index (χ4v) is 3.34. The van der Waals surface area contributed by atoms with Crippen molar-refractivity contribution in [2.24, 2.45) is 5.16 Å². The van der Waals surface area contributed by atoms with E-state index in [2.05, 4.69) is 5.16 Å². The number of aryl methyl sites for hydroxylation is 1. The fraction of sp³-hybridized carbons (Fsp3) is 0.278. The molecule has 138 valence electrons. The first-order valence-electron chi connectivity index (χ1n) is 7.76. The second-order valence-corrected chi connectivity index (χ2v) is 7.56. The number of anilines is 1. The van der Waals surface area contributed by atoms with Gasteiger partial charge in [-0.15, -0.1) is 0 Å². The first-order chi connectivity index (χ1) is 12.1. The molecule has 2 aromatic carbocycles. The van der Waals surface area contributed by atoms with Crippen molar-refractivity contribution in [3.8, 4) is 0 Å². The van der Waals surface area contributed by atoms with E-state index < -0.39 is 29.4 Å². The summed E-state index contributed by atoms with van der Waals surface area (Å²) in [4.78, 5) is 5.58. The van der Waals surface area contributed by atoms with Crippen LogP contribution in [0.1, 0.15) is 23.1 Å². The van der Waals surface area contributed by atoms with Crippen LogP contribution in [0.3, 0.4) is 0 Å². The van der Waals surface area contributed by atoms with E-state index in [1.807, 2.05) is 0 Å². The Morgan fingerprint density at radius 2 is 1.85 bits per heavy atom. The third kappa shape index (κ3) is 3.14. The molecule has 26 heavy (non-hydrogen) atoms. The molecule has 0 bridgehead atoms. The minimum atomic E-state index is -4.66. The Morgan fingerprint density at radius 1 is 1.19 bits per heavy atom. The molecule has 1 aliphatic rings. The fourth-order valence-electron chi connectivity index (χ4n) is 2.82. The summed E-state index contributed by atoms with van der Waals surface area (Å²) in [5.74, 6) is 0. The number of hydrogen-bond donors (Lipinski definition) is 1. The third-order valence-corrected chi connectivity index (χ3v) is 5.38. The topological polar surface area (TPSA) is 70.7 Å². The quantitative estimate of drug-likeness (QED) is 0.647. The number of halogens is 3. The average molecular weight is 382 g/mol. The van der Waals surface area contributed by atoms with E-state index >= 15 is 0 Å². The lowest BCUT2D eigenvalue weighted by Crippen LogP contribution is -2.42. The summed E-state index contributed by atoms with van der Waals surface area (Å²) < 4.78 is 53.2. The summed E-state index contributed by atoms with van der Waals surface area (Å²) in [6, 6.07) is 10.5. The lowest BCUT2D eigenvalue weighted by atomic mass is 9.85. The van der Waals surface area contributed by atoms with Crippen LogP contribution in [-0.4, -0.2) is 22.7 Å². The van der Waals surface area contributed by atoms with Crippen LogP contribution in [0.4, 0.5) is 18.9 Å². The smallest absolute Gasteiger partial charge is 0.435 e. The zero-order valence-corrected chi connectivity index (χ0v) is 14.9. The van der Waals surface area contributed by atoms with Gasteiger partial charge in [-0.3, -0.25) is 0 Å². The van der Waals surface area contributed by atoms with Crippen molar-refractivity contribution in [3.63, 3.8) is 0 Å². The maximum absolute atomic E-state index is 13.9. The normalized spacial score (nSPS) is 21.2. The van der Waals surface area contributed by atoms with Gasteiger partial charge in [-0.1, -0.05) is 11.2 Å². The zero-order valence-electron chi connectivity index (χ0n) is 14.1. The van der Waals surface area contributed by atoms with Crippen LogP contribution in [0.2, 0.25) is 0 Å². The largest absolute Gasteiger partial charge is 0.612 e. The van der Waals surface area contributed by atoms with Crippen molar-refractivity contribution in [2.75, 3.05) is 12.0 Å². The van der Waals surface area contributed by atoms with Gasteiger partial charge in [-0.25, -0.2) is 0 Å². The van der Waals surface area contributed by atoms with Crippen molar-refractivity contribution in [3.05, 3.63) is 59.2 Å². The Labute approximate surface area is 152 Å². The molecule has 0 radical (unpaired) electrons. The van der Waals surface area contributed by atoms with E-state index in [-0.39, 0.29) is 11.3 Å². The van der Waals surface area contributed by atoms with Crippen LogP contribution in [0.5, 0.6) is 0 Å². The van der Waals surface area contributed by atoms with Crippen molar-refractivity contribution in [1.82, 2.24) is 0 Å². The SMILES string of the molecule is Cc1cc(C2(C(F)(F)F)CC(c3ccc([S+](C)[O-])cc3)=NO2)ccc1N. The maximum Gasteiger partial charge on any atom is 0.435 e. The van der Waals surface area contributed by atoms with E-state index in [9.17, 15) is 17.7 Å². The highest BCUT2D eigenvalue weighted by molar-refractivity contribution is 7.90. The van der Waals surface area contributed by atoms with Gasteiger partial charge < -0.3 is 15.1 Å². The highest BCUT2D eigenvalue weighted by Gasteiger charge is 2.62. The van der Waals surface area contributed by atoms with Gasteiger partial charge in [0.1, 0.15) is 6.26 Å². The lowest BCUT2D eigenvalue weighted by molar-refractivity contribution is -0.275. The molecule has 0 saturated heterocycles. The van der Waals surface area contributed by atoms with Crippen molar-refractivity contribution >= 4 is 22.6 Å². The van der Waals surface area contributed by atoms with Gasteiger partial charge in [-0.05, 0) is 65.6 Å². The Kier molecular flexibility index (Phi) is 4.66. The molecule has 0 aliphatic carbocycles. The van der Waals surface area contributed by atoms with Crippen molar-refractivity contribution in [2.45, 2.75) is 30.0 Å². The second kappa shape index (κ2) is 6.51. The third-order valence-electron chi connectivity index (χ3n) is 4.44. The Morgan fingerprint density at radius 3 is 2.38 bits per heavy atom. The molecule has 0 amide bonds.